The lowest BCUT2D eigenvalue weighted by Gasteiger charge is -2.12. The zero-order valence-electron chi connectivity index (χ0n) is 9.66. The molecule has 1 atom stereocenters. The van der Waals surface area contributed by atoms with Crippen molar-refractivity contribution in [3.8, 4) is 5.75 Å². The molecule has 0 bridgehead atoms. The van der Waals surface area contributed by atoms with Crippen LogP contribution in [0.3, 0.4) is 0 Å². The minimum absolute atomic E-state index is 0.314. The Labute approximate surface area is 105 Å². The zero-order chi connectivity index (χ0) is 12.0. The molecule has 0 fully saturated rings. The Morgan fingerprint density at radius 1 is 1.50 bits per heavy atom. The Bertz CT molecular complexity index is 331. The van der Waals surface area contributed by atoms with Crippen molar-refractivity contribution in [2.45, 2.75) is 13.5 Å². The number of para-hydroxylation sites is 1. The quantitative estimate of drug-likeness (QED) is 0.845. The van der Waals surface area contributed by atoms with Crippen LogP contribution in [0.1, 0.15) is 12.5 Å². The Balaban J connectivity index is 2.40. The second-order valence-corrected chi connectivity index (χ2v) is 4.79. The second kappa shape index (κ2) is 6.89. The number of halogens is 1. The molecule has 3 nitrogen and oxygen atoms in total. The summed E-state index contributed by atoms with van der Waals surface area (Å²) in [6.07, 6.45) is 0. The monoisotopic (exact) mass is 287 g/mol. The zero-order valence-corrected chi connectivity index (χ0v) is 11.3. The van der Waals surface area contributed by atoms with Gasteiger partial charge in [0.15, 0.2) is 0 Å². The fourth-order valence-corrected chi connectivity index (χ4v) is 1.91. The number of hydrogen-bond acceptors (Lipinski definition) is 3. The average molecular weight is 288 g/mol. The third-order valence-corrected chi connectivity index (χ3v) is 2.97. The largest absolute Gasteiger partial charge is 0.506 e. The van der Waals surface area contributed by atoms with E-state index >= 15 is 0 Å². The molecule has 2 N–H and O–H groups in total. The molecule has 0 radical (unpaired) electrons. The van der Waals surface area contributed by atoms with E-state index in [1.807, 2.05) is 18.2 Å². The molecule has 0 spiro atoms. The lowest BCUT2D eigenvalue weighted by Crippen LogP contribution is -2.23. The molecule has 1 rings (SSSR count). The van der Waals surface area contributed by atoms with Gasteiger partial charge in [0.1, 0.15) is 5.75 Å². The lowest BCUT2D eigenvalue weighted by molar-refractivity contribution is 0.158. The Kier molecular flexibility index (Phi) is 5.80. The second-order valence-electron chi connectivity index (χ2n) is 3.94. The van der Waals surface area contributed by atoms with Gasteiger partial charge in [-0.3, -0.25) is 0 Å². The Morgan fingerprint density at radius 2 is 2.25 bits per heavy atom. The highest BCUT2D eigenvalue weighted by Gasteiger charge is 2.05. The highest BCUT2D eigenvalue weighted by molar-refractivity contribution is 9.10. The molecule has 1 aromatic rings. The molecule has 0 heterocycles. The van der Waals surface area contributed by atoms with Gasteiger partial charge in [-0.15, -0.1) is 0 Å². The van der Waals surface area contributed by atoms with Gasteiger partial charge in [-0.2, -0.15) is 0 Å². The molecule has 1 unspecified atom stereocenters. The number of ether oxygens (including phenoxy) is 1. The fraction of sp³-hybridized carbons (Fsp3) is 0.500. The van der Waals surface area contributed by atoms with Crippen LogP contribution in [-0.2, 0) is 11.3 Å². The summed E-state index contributed by atoms with van der Waals surface area (Å²) in [5.74, 6) is 0.786. The molecule has 0 amide bonds. The van der Waals surface area contributed by atoms with E-state index < -0.39 is 0 Å². The maximum atomic E-state index is 9.75. The van der Waals surface area contributed by atoms with E-state index in [1.165, 1.54) is 0 Å². The molecule has 0 aliphatic heterocycles. The normalized spacial score (nSPS) is 12.7. The van der Waals surface area contributed by atoms with Crippen LogP contribution in [0.15, 0.2) is 22.7 Å². The first kappa shape index (κ1) is 13.5. The topological polar surface area (TPSA) is 41.5 Å². The van der Waals surface area contributed by atoms with E-state index in [2.05, 4.69) is 28.2 Å². The van der Waals surface area contributed by atoms with Crippen LogP contribution in [0.4, 0.5) is 0 Å². The fourth-order valence-electron chi connectivity index (χ4n) is 1.50. The highest BCUT2D eigenvalue weighted by atomic mass is 79.9. The molecule has 0 aliphatic rings. The number of phenols is 1. The van der Waals surface area contributed by atoms with Crippen molar-refractivity contribution in [3.05, 3.63) is 28.2 Å². The van der Waals surface area contributed by atoms with Crippen LogP contribution in [0.2, 0.25) is 0 Å². The summed E-state index contributed by atoms with van der Waals surface area (Å²) in [6.45, 7) is 4.41. The third-order valence-electron chi connectivity index (χ3n) is 2.33. The highest BCUT2D eigenvalue weighted by Crippen LogP contribution is 2.27. The molecule has 0 aromatic heterocycles. The minimum atomic E-state index is 0.314. The van der Waals surface area contributed by atoms with Crippen LogP contribution >= 0.6 is 15.9 Å². The van der Waals surface area contributed by atoms with Gasteiger partial charge in [0.05, 0.1) is 4.47 Å². The number of hydrogen-bond donors (Lipinski definition) is 2. The van der Waals surface area contributed by atoms with Gasteiger partial charge in [-0.05, 0) is 27.9 Å². The Hall–Kier alpha value is -0.580. The number of aromatic hydroxyl groups is 1. The molecular formula is C12H18BrNO2. The first-order valence-corrected chi connectivity index (χ1v) is 6.10. The van der Waals surface area contributed by atoms with Crippen molar-refractivity contribution in [2.75, 3.05) is 20.3 Å². The summed E-state index contributed by atoms with van der Waals surface area (Å²) in [5, 5.41) is 13.0. The SMILES string of the molecule is COCC(C)CNCc1cccc(Br)c1O. The van der Waals surface area contributed by atoms with Crippen molar-refractivity contribution in [3.63, 3.8) is 0 Å². The molecule has 0 saturated carbocycles. The van der Waals surface area contributed by atoms with Crippen LogP contribution in [0.5, 0.6) is 5.75 Å². The minimum Gasteiger partial charge on any atom is -0.506 e. The van der Waals surface area contributed by atoms with Gasteiger partial charge in [0, 0.05) is 32.4 Å². The predicted octanol–water partition coefficient (Wildman–Crippen LogP) is 2.53. The molecule has 1 aromatic carbocycles. The van der Waals surface area contributed by atoms with E-state index in [4.69, 9.17) is 4.74 Å². The predicted molar refractivity (Wildman–Crippen MR) is 68.6 cm³/mol. The summed E-state index contributed by atoms with van der Waals surface area (Å²) >= 11 is 3.29. The first-order valence-electron chi connectivity index (χ1n) is 5.31. The van der Waals surface area contributed by atoms with E-state index in [9.17, 15) is 5.11 Å². The standard InChI is InChI=1S/C12H18BrNO2/c1-9(8-16-2)6-14-7-10-4-3-5-11(13)12(10)15/h3-5,9,14-15H,6-8H2,1-2H3. The van der Waals surface area contributed by atoms with Gasteiger partial charge < -0.3 is 15.2 Å². The summed E-state index contributed by atoms with van der Waals surface area (Å²) in [4.78, 5) is 0. The molecule has 0 aliphatic carbocycles. The van der Waals surface area contributed by atoms with Crippen LogP contribution < -0.4 is 5.32 Å². The number of rotatable bonds is 6. The van der Waals surface area contributed by atoms with Gasteiger partial charge in [-0.25, -0.2) is 0 Å². The van der Waals surface area contributed by atoms with Gasteiger partial charge >= 0.3 is 0 Å². The van der Waals surface area contributed by atoms with Crippen molar-refractivity contribution < 1.29 is 9.84 Å². The van der Waals surface area contributed by atoms with Gasteiger partial charge in [0.25, 0.3) is 0 Å². The third kappa shape index (κ3) is 4.12. The number of methoxy groups -OCH3 is 1. The summed E-state index contributed by atoms with van der Waals surface area (Å²) in [7, 11) is 1.70. The number of nitrogens with one attached hydrogen (secondary N) is 1. The van der Waals surface area contributed by atoms with Crippen LogP contribution in [-0.4, -0.2) is 25.4 Å². The molecular weight excluding hydrogens is 270 g/mol. The van der Waals surface area contributed by atoms with Gasteiger partial charge in [-0.1, -0.05) is 19.1 Å². The molecule has 16 heavy (non-hydrogen) atoms. The Morgan fingerprint density at radius 3 is 2.94 bits per heavy atom. The van der Waals surface area contributed by atoms with Crippen LogP contribution in [0.25, 0.3) is 0 Å². The summed E-state index contributed by atoms with van der Waals surface area (Å²) < 4.78 is 5.79. The first-order chi connectivity index (χ1) is 7.65. The van der Waals surface area contributed by atoms with Crippen molar-refractivity contribution in [1.82, 2.24) is 5.32 Å². The average Bonchev–Trinajstić information content (AvgIpc) is 2.25. The molecule has 90 valence electrons. The number of phenolic OH excluding ortho intramolecular Hbond substituents is 1. The lowest BCUT2D eigenvalue weighted by atomic mass is 10.1. The number of benzene rings is 1. The molecule has 0 saturated heterocycles. The van der Waals surface area contributed by atoms with Crippen molar-refractivity contribution in [1.29, 1.82) is 0 Å². The maximum absolute atomic E-state index is 9.75. The molecule has 4 heteroatoms. The summed E-state index contributed by atoms with van der Waals surface area (Å²) in [6, 6.07) is 5.65. The smallest absolute Gasteiger partial charge is 0.134 e. The van der Waals surface area contributed by atoms with Gasteiger partial charge in [0.2, 0.25) is 0 Å². The van der Waals surface area contributed by atoms with Crippen molar-refractivity contribution >= 4 is 15.9 Å². The van der Waals surface area contributed by atoms with E-state index in [-0.39, 0.29) is 0 Å². The van der Waals surface area contributed by atoms with E-state index in [1.54, 1.807) is 7.11 Å². The maximum Gasteiger partial charge on any atom is 0.134 e. The van der Waals surface area contributed by atoms with Crippen LogP contribution in [0, 0.1) is 5.92 Å². The summed E-state index contributed by atoms with van der Waals surface area (Å²) in [5.41, 5.74) is 0.902. The van der Waals surface area contributed by atoms with E-state index in [0.29, 0.717) is 18.2 Å². The van der Waals surface area contributed by atoms with Crippen molar-refractivity contribution in [2.24, 2.45) is 5.92 Å². The van der Waals surface area contributed by atoms with E-state index in [0.717, 1.165) is 23.2 Å².